The molecule has 0 saturated heterocycles. The van der Waals surface area contributed by atoms with E-state index in [2.05, 4.69) is 20.7 Å². The van der Waals surface area contributed by atoms with Gasteiger partial charge in [0.2, 0.25) is 0 Å². The van der Waals surface area contributed by atoms with Gasteiger partial charge in [0.15, 0.2) is 5.65 Å². The van der Waals surface area contributed by atoms with Gasteiger partial charge < -0.3 is 20.3 Å². The number of anilines is 1. The second-order valence-electron chi connectivity index (χ2n) is 7.08. The van der Waals surface area contributed by atoms with Gasteiger partial charge in [0.05, 0.1) is 12.3 Å². The van der Waals surface area contributed by atoms with Crippen LogP contribution < -0.4 is 10.6 Å². The Morgan fingerprint density at radius 2 is 1.93 bits per heavy atom. The summed E-state index contributed by atoms with van der Waals surface area (Å²) in [5.41, 5.74) is 3.06. The Kier molecular flexibility index (Phi) is 6.51. The molecule has 0 fully saturated rings. The van der Waals surface area contributed by atoms with Crippen molar-refractivity contribution in [1.82, 2.24) is 24.8 Å². The van der Waals surface area contributed by atoms with Crippen LogP contribution in [0.25, 0.3) is 16.8 Å². The zero-order chi connectivity index (χ0) is 21.7. The van der Waals surface area contributed by atoms with E-state index in [0.717, 1.165) is 11.1 Å². The second-order valence-corrected chi connectivity index (χ2v) is 7.08. The van der Waals surface area contributed by atoms with Crippen LogP contribution >= 0.6 is 0 Å². The number of nitrogens with zero attached hydrogens (tertiary/aromatic N) is 4. The van der Waals surface area contributed by atoms with Crippen molar-refractivity contribution in [3.05, 3.63) is 48.3 Å². The van der Waals surface area contributed by atoms with Crippen molar-refractivity contribution in [2.24, 2.45) is 0 Å². The molecule has 0 saturated carbocycles. The van der Waals surface area contributed by atoms with Crippen LogP contribution in [0, 0.1) is 0 Å². The maximum Gasteiger partial charge on any atom is 0.409 e. The van der Waals surface area contributed by atoms with Gasteiger partial charge in [0, 0.05) is 44.5 Å². The summed E-state index contributed by atoms with van der Waals surface area (Å²) in [6, 6.07) is 9.11. The topological polar surface area (TPSA) is 101 Å². The molecule has 0 spiro atoms. The number of fused-ring (bicyclic) bond motifs is 1. The number of rotatable bonds is 7. The molecule has 0 bridgehead atoms. The van der Waals surface area contributed by atoms with Crippen molar-refractivity contribution >= 4 is 23.5 Å². The summed E-state index contributed by atoms with van der Waals surface area (Å²) in [7, 11) is 3.30. The third-order valence-electron chi connectivity index (χ3n) is 4.46. The highest BCUT2D eigenvalue weighted by Gasteiger charge is 2.12. The predicted octanol–water partition coefficient (Wildman–Crippen LogP) is 2.64. The van der Waals surface area contributed by atoms with E-state index in [1.165, 1.54) is 4.90 Å². The number of aromatic nitrogens is 3. The Labute approximate surface area is 175 Å². The molecule has 0 aliphatic carbocycles. The first-order valence-electron chi connectivity index (χ1n) is 9.71. The van der Waals surface area contributed by atoms with Crippen molar-refractivity contribution in [3.63, 3.8) is 0 Å². The summed E-state index contributed by atoms with van der Waals surface area (Å²) < 4.78 is 6.86. The average molecular weight is 410 g/mol. The zero-order valence-corrected chi connectivity index (χ0v) is 17.5. The van der Waals surface area contributed by atoms with Gasteiger partial charge in [-0.2, -0.15) is 5.10 Å². The van der Waals surface area contributed by atoms with Gasteiger partial charge in [-0.15, -0.1) is 0 Å². The van der Waals surface area contributed by atoms with Crippen LogP contribution in [0.3, 0.4) is 0 Å². The number of hydrogen-bond donors (Lipinski definition) is 2. The van der Waals surface area contributed by atoms with Crippen LogP contribution in [0.5, 0.6) is 0 Å². The average Bonchev–Trinajstić information content (AvgIpc) is 3.16. The van der Waals surface area contributed by atoms with Gasteiger partial charge >= 0.3 is 6.09 Å². The lowest BCUT2D eigenvalue weighted by molar-refractivity contribution is 0.0850. The van der Waals surface area contributed by atoms with Crippen LogP contribution in [-0.2, 0) is 4.74 Å². The Bertz CT molecular complexity index is 1030. The molecule has 2 aromatic heterocycles. The number of benzene rings is 1. The molecule has 3 rings (SSSR count). The lowest BCUT2D eigenvalue weighted by atomic mass is 10.1. The summed E-state index contributed by atoms with van der Waals surface area (Å²) in [4.78, 5) is 29.7. The Hall–Kier alpha value is -3.62. The molecule has 0 aliphatic heterocycles. The molecule has 3 aromatic rings. The van der Waals surface area contributed by atoms with Gasteiger partial charge in [0.1, 0.15) is 5.82 Å². The normalized spacial score (nSPS) is 10.8. The maximum atomic E-state index is 11.8. The number of carbonyl (C=O) groups excluding carboxylic acids is 2. The fraction of sp³-hybridized carbons (Fsp3) is 0.333. The maximum absolute atomic E-state index is 11.8. The summed E-state index contributed by atoms with van der Waals surface area (Å²) >= 11 is 0. The van der Waals surface area contributed by atoms with Crippen molar-refractivity contribution in [1.29, 1.82) is 0 Å². The van der Waals surface area contributed by atoms with E-state index >= 15 is 0 Å². The molecule has 30 heavy (non-hydrogen) atoms. The number of carbonyl (C=O) groups is 2. The van der Waals surface area contributed by atoms with E-state index in [1.807, 2.05) is 38.2 Å². The van der Waals surface area contributed by atoms with Crippen molar-refractivity contribution in [2.75, 3.05) is 32.5 Å². The Balaban J connectivity index is 1.70. The molecular formula is C21H26N6O3. The minimum atomic E-state index is -0.353. The molecule has 9 nitrogen and oxygen atoms in total. The van der Waals surface area contributed by atoms with E-state index in [0.29, 0.717) is 30.1 Å². The number of nitrogens with one attached hydrogen (secondary N) is 2. The van der Waals surface area contributed by atoms with Gasteiger partial charge in [-0.05, 0) is 37.6 Å². The fourth-order valence-electron chi connectivity index (χ4n) is 2.85. The highest BCUT2D eigenvalue weighted by atomic mass is 16.6. The van der Waals surface area contributed by atoms with Crippen molar-refractivity contribution in [2.45, 2.75) is 20.0 Å². The molecule has 1 aromatic carbocycles. The molecule has 2 heterocycles. The molecule has 2 N–H and O–H groups in total. The van der Waals surface area contributed by atoms with E-state index in [4.69, 9.17) is 4.74 Å². The number of hydrogen-bond acceptors (Lipinski definition) is 6. The molecule has 158 valence electrons. The van der Waals surface area contributed by atoms with Gasteiger partial charge in [0.25, 0.3) is 5.91 Å². The summed E-state index contributed by atoms with van der Waals surface area (Å²) in [5, 5.41) is 10.2. The molecule has 0 unspecified atom stereocenters. The highest BCUT2D eigenvalue weighted by Crippen LogP contribution is 2.24. The fourth-order valence-corrected chi connectivity index (χ4v) is 2.85. The zero-order valence-electron chi connectivity index (χ0n) is 17.5. The lowest BCUT2D eigenvalue weighted by Gasteiger charge is -2.19. The van der Waals surface area contributed by atoms with Crippen LogP contribution in [0.2, 0.25) is 0 Å². The van der Waals surface area contributed by atoms with Crippen LogP contribution in [0.1, 0.15) is 24.2 Å². The predicted molar refractivity (Wildman–Crippen MR) is 115 cm³/mol. The third kappa shape index (κ3) is 4.86. The van der Waals surface area contributed by atoms with Gasteiger partial charge in [-0.25, -0.2) is 14.3 Å². The minimum absolute atomic E-state index is 0.131. The molecule has 0 atom stereocenters. The molecule has 2 amide bonds. The van der Waals surface area contributed by atoms with Crippen molar-refractivity contribution < 1.29 is 14.3 Å². The first-order valence-corrected chi connectivity index (χ1v) is 9.71. The second kappa shape index (κ2) is 9.25. The monoisotopic (exact) mass is 410 g/mol. The quantitative estimate of drug-likeness (QED) is 0.621. The first kappa shape index (κ1) is 21.1. The smallest absolute Gasteiger partial charge is 0.409 e. The van der Waals surface area contributed by atoms with E-state index in [9.17, 15) is 9.59 Å². The standard InChI is InChI=1S/C21H26N6O3/c1-14(2)30-21(29)26(4)12-10-23-18-9-11-27-19(25-18)17(13-24-27)15-5-7-16(8-6-15)20(28)22-3/h5-9,11,13-14H,10,12H2,1-4H3,(H,22,28)(H,23,25). The largest absolute Gasteiger partial charge is 0.447 e. The summed E-state index contributed by atoms with van der Waals surface area (Å²) in [6.45, 7) is 4.64. The summed E-state index contributed by atoms with van der Waals surface area (Å²) in [6.07, 6.45) is 3.07. The first-order chi connectivity index (χ1) is 14.4. The lowest BCUT2D eigenvalue weighted by Crippen LogP contribution is -2.33. The van der Waals surface area contributed by atoms with Crippen LogP contribution in [-0.4, -0.2) is 64.8 Å². The van der Waals surface area contributed by atoms with Gasteiger partial charge in [-0.1, -0.05) is 12.1 Å². The molecule has 9 heteroatoms. The van der Waals surface area contributed by atoms with E-state index < -0.39 is 0 Å². The number of likely N-dealkylation sites (N-methyl/N-ethyl adjacent to an activating group) is 1. The van der Waals surface area contributed by atoms with Crippen LogP contribution in [0.4, 0.5) is 10.6 Å². The Morgan fingerprint density at radius 1 is 1.20 bits per heavy atom. The number of amides is 2. The third-order valence-corrected chi connectivity index (χ3v) is 4.46. The van der Waals surface area contributed by atoms with E-state index in [-0.39, 0.29) is 18.1 Å². The van der Waals surface area contributed by atoms with Crippen LogP contribution in [0.15, 0.2) is 42.7 Å². The molecule has 0 radical (unpaired) electrons. The van der Waals surface area contributed by atoms with E-state index in [1.54, 1.807) is 36.9 Å². The minimum Gasteiger partial charge on any atom is -0.447 e. The molecular weight excluding hydrogens is 384 g/mol. The Morgan fingerprint density at radius 3 is 2.60 bits per heavy atom. The highest BCUT2D eigenvalue weighted by molar-refractivity contribution is 5.94. The number of ether oxygens (including phenoxy) is 1. The molecule has 0 aliphatic rings. The summed E-state index contributed by atoms with van der Waals surface area (Å²) in [5.74, 6) is 0.546. The van der Waals surface area contributed by atoms with Crippen molar-refractivity contribution in [3.8, 4) is 11.1 Å². The van der Waals surface area contributed by atoms with Gasteiger partial charge in [-0.3, -0.25) is 4.79 Å². The SMILES string of the molecule is CNC(=O)c1ccc(-c2cnn3ccc(NCCN(C)C(=O)OC(C)C)nc23)cc1.